The van der Waals surface area contributed by atoms with Crippen LogP contribution < -0.4 is 0 Å². The van der Waals surface area contributed by atoms with E-state index in [4.69, 9.17) is 11.6 Å². The van der Waals surface area contributed by atoms with Crippen LogP contribution in [-0.2, 0) is 0 Å². The summed E-state index contributed by atoms with van der Waals surface area (Å²) in [6.07, 6.45) is -1.01. The number of benzene rings is 2. The van der Waals surface area contributed by atoms with Crippen LogP contribution in [0, 0.1) is 5.82 Å². The van der Waals surface area contributed by atoms with Gasteiger partial charge in [-0.1, -0.05) is 35.9 Å². The molecular weight excluding hydrogens is 306 g/mol. The third-order valence-corrected chi connectivity index (χ3v) is 3.69. The Labute approximate surface area is 112 Å². The summed E-state index contributed by atoms with van der Waals surface area (Å²) in [7, 11) is 0. The van der Waals surface area contributed by atoms with E-state index in [1.807, 2.05) is 0 Å². The highest BCUT2D eigenvalue weighted by molar-refractivity contribution is 9.10. The average Bonchev–Trinajstić information content (AvgIpc) is 2.32. The highest BCUT2D eigenvalue weighted by Gasteiger charge is 2.15. The maximum absolute atomic E-state index is 13.5. The first-order valence-electron chi connectivity index (χ1n) is 4.97. The van der Waals surface area contributed by atoms with Gasteiger partial charge in [0.1, 0.15) is 11.9 Å². The summed E-state index contributed by atoms with van der Waals surface area (Å²) in [5, 5.41) is 10.6. The Morgan fingerprint density at radius 2 is 1.88 bits per heavy atom. The van der Waals surface area contributed by atoms with Crippen molar-refractivity contribution < 1.29 is 9.50 Å². The van der Waals surface area contributed by atoms with E-state index in [0.29, 0.717) is 10.6 Å². The molecule has 0 aliphatic rings. The second-order valence-corrected chi connectivity index (χ2v) is 4.86. The van der Waals surface area contributed by atoms with Gasteiger partial charge in [0.25, 0.3) is 0 Å². The lowest BCUT2D eigenvalue weighted by molar-refractivity contribution is 0.215. The van der Waals surface area contributed by atoms with Gasteiger partial charge in [0.15, 0.2) is 0 Å². The third-order valence-electron chi connectivity index (χ3n) is 2.46. The molecule has 0 fully saturated rings. The van der Waals surface area contributed by atoms with E-state index in [-0.39, 0.29) is 5.56 Å². The average molecular weight is 316 g/mol. The van der Waals surface area contributed by atoms with Crippen LogP contribution in [0.25, 0.3) is 0 Å². The number of aliphatic hydroxyl groups is 1. The second-order valence-electron chi connectivity index (χ2n) is 3.60. The summed E-state index contributed by atoms with van der Waals surface area (Å²) < 4.78 is 14.2. The summed E-state index contributed by atoms with van der Waals surface area (Å²) in [5.41, 5.74) is 0.800. The minimum Gasteiger partial charge on any atom is -0.384 e. The van der Waals surface area contributed by atoms with Gasteiger partial charge in [-0.25, -0.2) is 4.39 Å². The molecule has 17 heavy (non-hydrogen) atoms. The van der Waals surface area contributed by atoms with Crippen LogP contribution in [0.4, 0.5) is 4.39 Å². The van der Waals surface area contributed by atoms with Gasteiger partial charge in [-0.3, -0.25) is 0 Å². The van der Waals surface area contributed by atoms with E-state index < -0.39 is 11.9 Å². The van der Waals surface area contributed by atoms with Crippen molar-refractivity contribution >= 4 is 27.5 Å². The monoisotopic (exact) mass is 314 g/mol. The normalized spacial score (nSPS) is 12.5. The Bertz CT molecular complexity index is 545. The standard InChI is InChI=1S/C13H9BrClFO/c14-10-6-5-8(7-11(10)15)13(17)9-3-1-2-4-12(9)16/h1-7,13,17H. The van der Waals surface area contributed by atoms with Gasteiger partial charge in [-0.15, -0.1) is 0 Å². The van der Waals surface area contributed by atoms with E-state index in [0.717, 1.165) is 4.47 Å². The number of hydrogen-bond acceptors (Lipinski definition) is 1. The number of rotatable bonds is 2. The van der Waals surface area contributed by atoms with E-state index in [1.54, 1.807) is 36.4 Å². The smallest absolute Gasteiger partial charge is 0.129 e. The largest absolute Gasteiger partial charge is 0.384 e. The fourth-order valence-electron chi connectivity index (χ4n) is 1.56. The van der Waals surface area contributed by atoms with Crippen molar-refractivity contribution in [1.29, 1.82) is 0 Å². The first-order valence-corrected chi connectivity index (χ1v) is 6.14. The van der Waals surface area contributed by atoms with E-state index >= 15 is 0 Å². The molecule has 1 nitrogen and oxygen atoms in total. The van der Waals surface area contributed by atoms with Gasteiger partial charge in [0.2, 0.25) is 0 Å². The molecule has 2 aromatic carbocycles. The van der Waals surface area contributed by atoms with Crippen LogP contribution >= 0.6 is 27.5 Å². The number of aliphatic hydroxyl groups excluding tert-OH is 1. The van der Waals surface area contributed by atoms with Crippen molar-refractivity contribution in [2.75, 3.05) is 0 Å². The third kappa shape index (κ3) is 2.68. The molecule has 1 unspecified atom stereocenters. The van der Waals surface area contributed by atoms with Crippen molar-refractivity contribution in [3.05, 3.63) is 68.9 Å². The van der Waals surface area contributed by atoms with Crippen LogP contribution in [0.1, 0.15) is 17.2 Å². The topological polar surface area (TPSA) is 20.2 Å². The Kier molecular flexibility index (Phi) is 3.82. The molecule has 88 valence electrons. The zero-order chi connectivity index (χ0) is 12.4. The Morgan fingerprint density at radius 3 is 2.53 bits per heavy atom. The molecule has 1 atom stereocenters. The summed E-state index contributed by atoms with van der Waals surface area (Å²) in [6, 6.07) is 11.2. The van der Waals surface area contributed by atoms with Gasteiger partial charge in [-0.2, -0.15) is 0 Å². The molecule has 0 aliphatic carbocycles. The van der Waals surface area contributed by atoms with Crippen LogP contribution in [-0.4, -0.2) is 5.11 Å². The lowest BCUT2D eigenvalue weighted by atomic mass is 10.0. The highest BCUT2D eigenvalue weighted by atomic mass is 79.9. The molecule has 0 spiro atoms. The van der Waals surface area contributed by atoms with Gasteiger partial charge >= 0.3 is 0 Å². The van der Waals surface area contributed by atoms with Gasteiger partial charge in [0.05, 0.1) is 5.02 Å². The molecule has 0 aromatic heterocycles. The van der Waals surface area contributed by atoms with Crippen molar-refractivity contribution in [3.8, 4) is 0 Å². The summed E-state index contributed by atoms with van der Waals surface area (Å²) in [4.78, 5) is 0. The molecule has 2 rings (SSSR count). The maximum Gasteiger partial charge on any atom is 0.129 e. The summed E-state index contributed by atoms with van der Waals surface area (Å²) in [6.45, 7) is 0. The second kappa shape index (κ2) is 5.17. The lowest BCUT2D eigenvalue weighted by Crippen LogP contribution is -2.02. The number of hydrogen-bond donors (Lipinski definition) is 1. The van der Waals surface area contributed by atoms with Gasteiger partial charge in [0, 0.05) is 10.0 Å². The van der Waals surface area contributed by atoms with Crippen LogP contribution in [0.2, 0.25) is 5.02 Å². The Hall–Kier alpha value is -0.900. The van der Waals surface area contributed by atoms with Crippen molar-refractivity contribution in [2.24, 2.45) is 0 Å². The molecule has 0 aliphatic heterocycles. The van der Waals surface area contributed by atoms with Crippen molar-refractivity contribution in [1.82, 2.24) is 0 Å². The zero-order valence-corrected chi connectivity index (χ0v) is 11.0. The minimum atomic E-state index is -1.01. The molecule has 4 heteroatoms. The van der Waals surface area contributed by atoms with Crippen LogP contribution in [0.3, 0.4) is 0 Å². The zero-order valence-electron chi connectivity index (χ0n) is 8.70. The first kappa shape index (κ1) is 12.6. The van der Waals surface area contributed by atoms with E-state index in [2.05, 4.69) is 15.9 Å². The quantitative estimate of drug-likeness (QED) is 0.875. The number of halogens is 3. The Balaban J connectivity index is 2.40. The molecule has 0 saturated heterocycles. The van der Waals surface area contributed by atoms with E-state index in [1.165, 1.54) is 6.07 Å². The van der Waals surface area contributed by atoms with E-state index in [9.17, 15) is 9.50 Å². The minimum absolute atomic E-state index is 0.242. The maximum atomic E-state index is 13.5. The van der Waals surface area contributed by atoms with Crippen LogP contribution in [0.15, 0.2) is 46.9 Å². The molecular formula is C13H9BrClFO. The van der Waals surface area contributed by atoms with Crippen molar-refractivity contribution in [2.45, 2.75) is 6.10 Å². The molecule has 0 bridgehead atoms. The highest BCUT2D eigenvalue weighted by Crippen LogP contribution is 2.29. The molecule has 1 N–H and O–H groups in total. The molecule has 0 amide bonds. The summed E-state index contributed by atoms with van der Waals surface area (Å²) in [5.74, 6) is -0.431. The molecule has 2 aromatic rings. The molecule has 0 saturated carbocycles. The molecule has 0 heterocycles. The first-order chi connectivity index (χ1) is 8.09. The fourth-order valence-corrected chi connectivity index (χ4v) is 1.99. The summed E-state index contributed by atoms with van der Waals surface area (Å²) >= 11 is 9.19. The predicted molar refractivity (Wildman–Crippen MR) is 69.6 cm³/mol. The van der Waals surface area contributed by atoms with Gasteiger partial charge < -0.3 is 5.11 Å². The van der Waals surface area contributed by atoms with Gasteiger partial charge in [-0.05, 0) is 39.7 Å². The van der Waals surface area contributed by atoms with Crippen molar-refractivity contribution in [3.63, 3.8) is 0 Å². The molecule has 0 radical (unpaired) electrons. The fraction of sp³-hybridized carbons (Fsp3) is 0.0769. The Morgan fingerprint density at radius 1 is 1.18 bits per heavy atom. The lowest BCUT2D eigenvalue weighted by Gasteiger charge is -2.13. The van der Waals surface area contributed by atoms with Crippen LogP contribution in [0.5, 0.6) is 0 Å². The SMILES string of the molecule is OC(c1ccc(Br)c(Cl)c1)c1ccccc1F. The predicted octanol–water partition coefficient (Wildman–Crippen LogP) is 4.32.